The lowest BCUT2D eigenvalue weighted by atomic mass is 10.2. The summed E-state index contributed by atoms with van der Waals surface area (Å²) in [5.74, 6) is 5.75. The zero-order valence-corrected chi connectivity index (χ0v) is 11.5. The molecule has 4 heteroatoms. The van der Waals surface area contributed by atoms with E-state index in [4.69, 9.17) is 9.47 Å². The van der Waals surface area contributed by atoms with Crippen LogP contribution in [0.1, 0.15) is 26.3 Å². The van der Waals surface area contributed by atoms with Crippen molar-refractivity contribution < 1.29 is 14.3 Å². The van der Waals surface area contributed by atoms with E-state index in [-0.39, 0.29) is 5.91 Å². The van der Waals surface area contributed by atoms with Crippen LogP contribution in [0.3, 0.4) is 0 Å². The molecule has 0 aliphatic carbocycles. The van der Waals surface area contributed by atoms with Crippen LogP contribution in [0.15, 0.2) is 24.3 Å². The largest absolute Gasteiger partial charge is 0.342 e. The Kier molecular flexibility index (Phi) is 6.65. The summed E-state index contributed by atoms with van der Waals surface area (Å²) in [6.07, 6.45) is -0.541. The smallest absolute Gasteiger partial charge is 0.222 e. The summed E-state index contributed by atoms with van der Waals surface area (Å²) in [5.41, 5.74) is 1.43. The van der Waals surface area contributed by atoms with Crippen LogP contribution in [-0.2, 0) is 14.3 Å². The zero-order chi connectivity index (χ0) is 14.1. The van der Waals surface area contributed by atoms with Gasteiger partial charge < -0.3 is 14.8 Å². The van der Waals surface area contributed by atoms with Gasteiger partial charge in [0.05, 0.1) is 5.69 Å². The fraction of sp³-hybridized carbons (Fsp3) is 0.400. The summed E-state index contributed by atoms with van der Waals surface area (Å²) in [6.45, 7) is 6.31. The first kappa shape index (κ1) is 15.2. The third kappa shape index (κ3) is 5.56. The molecule has 1 N–H and O–H groups in total. The summed E-state index contributed by atoms with van der Waals surface area (Å²) >= 11 is 0. The molecular formula is C15H19NO3. The maximum Gasteiger partial charge on any atom is 0.222 e. The van der Waals surface area contributed by atoms with E-state index in [2.05, 4.69) is 17.2 Å². The van der Waals surface area contributed by atoms with Crippen molar-refractivity contribution in [3.63, 3.8) is 0 Å². The van der Waals surface area contributed by atoms with Gasteiger partial charge >= 0.3 is 0 Å². The van der Waals surface area contributed by atoms with Crippen LogP contribution in [0.5, 0.6) is 0 Å². The molecule has 0 saturated heterocycles. The highest BCUT2D eigenvalue weighted by Gasteiger charge is 2.04. The minimum Gasteiger partial charge on any atom is -0.342 e. The molecule has 0 aliphatic rings. The Hall–Kier alpha value is -1.83. The molecule has 1 aromatic carbocycles. The Bertz CT molecular complexity index is 468. The maximum absolute atomic E-state index is 11.1. The van der Waals surface area contributed by atoms with Gasteiger partial charge in [0.15, 0.2) is 0 Å². The predicted octanol–water partition coefficient (Wildman–Crippen LogP) is 2.40. The molecule has 0 atom stereocenters. The van der Waals surface area contributed by atoms with Crippen molar-refractivity contribution in [1.82, 2.24) is 0 Å². The lowest BCUT2D eigenvalue weighted by molar-refractivity contribution is -0.114. The molecule has 0 unspecified atom stereocenters. The second-order valence-electron chi connectivity index (χ2n) is 3.74. The summed E-state index contributed by atoms with van der Waals surface area (Å²) < 4.78 is 10.7. The summed E-state index contributed by atoms with van der Waals surface area (Å²) in [6, 6.07) is 7.36. The van der Waals surface area contributed by atoms with Crippen molar-refractivity contribution in [1.29, 1.82) is 0 Å². The van der Waals surface area contributed by atoms with Crippen LogP contribution < -0.4 is 5.32 Å². The number of amides is 1. The molecule has 0 bridgehead atoms. The first-order valence-electron chi connectivity index (χ1n) is 6.28. The number of ether oxygens (including phenoxy) is 2. The Morgan fingerprint density at radius 2 is 1.89 bits per heavy atom. The highest BCUT2D eigenvalue weighted by molar-refractivity contribution is 5.90. The van der Waals surface area contributed by atoms with Crippen molar-refractivity contribution >= 4 is 11.6 Å². The van der Waals surface area contributed by atoms with Gasteiger partial charge in [-0.15, -0.1) is 0 Å². The standard InChI is InChI=1S/C15H19NO3/c1-4-18-15(19-5-2)11-10-13-8-6-7-9-14(13)16-12(3)17/h6-9,15H,4-5H2,1-3H3,(H,16,17). The molecule has 4 nitrogen and oxygen atoms in total. The van der Waals surface area contributed by atoms with Gasteiger partial charge in [-0.2, -0.15) is 0 Å². The number of para-hydroxylation sites is 1. The monoisotopic (exact) mass is 261 g/mol. The van der Waals surface area contributed by atoms with Crippen LogP contribution >= 0.6 is 0 Å². The lowest BCUT2D eigenvalue weighted by Gasteiger charge is -2.10. The van der Waals surface area contributed by atoms with E-state index in [0.29, 0.717) is 18.9 Å². The lowest BCUT2D eigenvalue weighted by Crippen LogP contribution is -2.15. The number of hydrogen-bond acceptors (Lipinski definition) is 3. The van der Waals surface area contributed by atoms with Crippen LogP contribution in [-0.4, -0.2) is 25.4 Å². The van der Waals surface area contributed by atoms with Gasteiger partial charge in [0.2, 0.25) is 12.2 Å². The SMILES string of the molecule is CCOC(C#Cc1ccccc1NC(C)=O)OCC. The molecule has 0 aliphatic heterocycles. The van der Waals surface area contributed by atoms with Gasteiger partial charge in [-0.05, 0) is 31.9 Å². The predicted molar refractivity (Wildman–Crippen MR) is 74.7 cm³/mol. The normalized spacial score (nSPS) is 9.89. The Labute approximate surface area is 114 Å². The molecule has 1 aromatic rings. The van der Waals surface area contributed by atoms with Crippen molar-refractivity contribution in [2.75, 3.05) is 18.5 Å². The molecule has 0 radical (unpaired) electrons. The number of carbonyl (C=O) groups excluding carboxylic acids is 1. The fourth-order valence-electron chi connectivity index (χ4n) is 1.46. The minimum absolute atomic E-state index is 0.125. The number of hydrogen-bond donors (Lipinski definition) is 1. The van der Waals surface area contributed by atoms with E-state index in [1.54, 1.807) is 0 Å². The van der Waals surface area contributed by atoms with E-state index < -0.39 is 6.29 Å². The summed E-state index contributed by atoms with van der Waals surface area (Å²) in [7, 11) is 0. The Balaban J connectivity index is 2.88. The van der Waals surface area contributed by atoms with Crippen molar-refractivity contribution in [3.8, 4) is 11.8 Å². The highest BCUT2D eigenvalue weighted by Crippen LogP contribution is 2.13. The van der Waals surface area contributed by atoms with Gasteiger partial charge in [-0.3, -0.25) is 4.79 Å². The molecule has 0 fully saturated rings. The summed E-state index contributed by atoms with van der Waals surface area (Å²) in [5, 5.41) is 2.74. The van der Waals surface area contributed by atoms with Gasteiger partial charge in [-0.1, -0.05) is 18.1 Å². The van der Waals surface area contributed by atoms with Gasteiger partial charge in [0, 0.05) is 25.7 Å². The average Bonchev–Trinajstić information content (AvgIpc) is 2.37. The fourth-order valence-corrected chi connectivity index (χ4v) is 1.46. The molecule has 0 aromatic heterocycles. The third-order valence-electron chi connectivity index (χ3n) is 2.20. The molecule has 0 heterocycles. The van der Waals surface area contributed by atoms with Gasteiger partial charge in [-0.25, -0.2) is 0 Å². The van der Waals surface area contributed by atoms with Gasteiger partial charge in [0.1, 0.15) is 0 Å². The minimum atomic E-state index is -0.541. The Morgan fingerprint density at radius 3 is 2.47 bits per heavy atom. The van der Waals surface area contributed by atoms with Gasteiger partial charge in [0.25, 0.3) is 0 Å². The second-order valence-corrected chi connectivity index (χ2v) is 3.74. The average molecular weight is 261 g/mol. The molecule has 1 amide bonds. The quantitative estimate of drug-likeness (QED) is 0.654. The second kappa shape index (κ2) is 8.30. The Morgan fingerprint density at radius 1 is 1.26 bits per heavy atom. The first-order chi connectivity index (χ1) is 9.17. The molecule has 1 rings (SSSR count). The number of nitrogens with one attached hydrogen (secondary N) is 1. The number of benzene rings is 1. The van der Waals surface area contributed by atoms with E-state index in [1.165, 1.54) is 6.92 Å². The van der Waals surface area contributed by atoms with E-state index >= 15 is 0 Å². The molecule has 0 spiro atoms. The highest BCUT2D eigenvalue weighted by atomic mass is 16.7. The van der Waals surface area contributed by atoms with Crippen LogP contribution in [0.2, 0.25) is 0 Å². The van der Waals surface area contributed by atoms with Crippen molar-refractivity contribution in [2.24, 2.45) is 0 Å². The zero-order valence-electron chi connectivity index (χ0n) is 11.5. The van der Waals surface area contributed by atoms with Crippen LogP contribution in [0.25, 0.3) is 0 Å². The third-order valence-corrected chi connectivity index (χ3v) is 2.20. The van der Waals surface area contributed by atoms with E-state index in [1.807, 2.05) is 38.1 Å². The maximum atomic E-state index is 11.1. The van der Waals surface area contributed by atoms with Crippen molar-refractivity contribution in [3.05, 3.63) is 29.8 Å². The number of anilines is 1. The number of carbonyl (C=O) groups is 1. The number of rotatable bonds is 5. The topological polar surface area (TPSA) is 47.6 Å². The van der Waals surface area contributed by atoms with E-state index in [0.717, 1.165) is 5.56 Å². The first-order valence-corrected chi connectivity index (χ1v) is 6.28. The van der Waals surface area contributed by atoms with E-state index in [9.17, 15) is 4.79 Å². The molecule has 19 heavy (non-hydrogen) atoms. The van der Waals surface area contributed by atoms with Crippen LogP contribution in [0, 0.1) is 11.8 Å². The molecule has 102 valence electrons. The van der Waals surface area contributed by atoms with Crippen molar-refractivity contribution in [2.45, 2.75) is 27.1 Å². The summed E-state index contributed by atoms with van der Waals surface area (Å²) in [4.78, 5) is 11.1. The molecular weight excluding hydrogens is 242 g/mol. The van der Waals surface area contributed by atoms with Crippen LogP contribution in [0.4, 0.5) is 5.69 Å². The molecule has 0 saturated carbocycles.